The summed E-state index contributed by atoms with van der Waals surface area (Å²) in [6.07, 6.45) is 4.26. The van der Waals surface area contributed by atoms with Gasteiger partial charge in [-0.1, -0.05) is 54.6 Å². The van der Waals surface area contributed by atoms with Gasteiger partial charge in [-0.05, 0) is 50.2 Å². The minimum atomic E-state index is -0.236. The average molecular weight is 377 g/mol. The molecular formula is C24H27NO3. The van der Waals surface area contributed by atoms with E-state index in [1.54, 1.807) is 0 Å². The first-order valence-corrected chi connectivity index (χ1v) is 10.2. The summed E-state index contributed by atoms with van der Waals surface area (Å²) in [6.45, 7) is 2.28. The molecule has 2 aromatic carbocycles. The van der Waals surface area contributed by atoms with Crippen LogP contribution in [0, 0.1) is 12.8 Å². The lowest BCUT2D eigenvalue weighted by Crippen LogP contribution is -2.55. The van der Waals surface area contributed by atoms with E-state index in [1.165, 1.54) is 0 Å². The number of rotatable bonds is 4. The Kier molecular flexibility index (Phi) is 5.47. The van der Waals surface area contributed by atoms with Crippen molar-refractivity contribution in [1.82, 2.24) is 4.90 Å². The molecule has 0 saturated carbocycles. The fourth-order valence-electron chi connectivity index (χ4n) is 4.76. The van der Waals surface area contributed by atoms with Gasteiger partial charge in [-0.15, -0.1) is 0 Å². The molecule has 4 heteroatoms. The fraction of sp³-hybridized carbons (Fsp3) is 0.417. The van der Waals surface area contributed by atoms with Gasteiger partial charge in [0.2, 0.25) is 0 Å². The number of nitrogens with zero attached hydrogens (tertiary/aromatic N) is 1. The van der Waals surface area contributed by atoms with Gasteiger partial charge < -0.3 is 9.64 Å². The Labute approximate surface area is 166 Å². The highest BCUT2D eigenvalue weighted by atomic mass is 16.6. The molecule has 0 radical (unpaired) electrons. The summed E-state index contributed by atoms with van der Waals surface area (Å²) in [5.41, 5.74) is 2.85. The quantitative estimate of drug-likeness (QED) is 0.693. The smallest absolute Gasteiger partial charge is 0.410 e. The number of ether oxygens (including phenoxy) is 1. The molecule has 28 heavy (non-hydrogen) atoms. The molecule has 2 bridgehead atoms. The zero-order valence-corrected chi connectivity index (χ0v) is 16.3. The van der Waals surface area contributed by atoms with Crippen molar-refractivity contribution < 1.29 is 14.3 Å². The molecule has 2 saturated heterocycles. The van der Waals surface area contributed by atoms with Crippen molar-refractivity contribution in [3.05, 3.63) is 71.3 Å². The number of benzene rings is 2. The minimum Gasteiger partial charge on any atom is -0.445 e. The molecule has 2 fully saturated rings. The van der Waals surface area contributed by atoms with Crippen LogP contribution in [-0.4, -0.2) is 28.9 Å². The molecule has 2 unspecified atom stereocenters. The Hall–Kier alpha value is -2.62. The lowest BCUT2D eigenvalue weighted by molar-refractivity contribution is 0.00471. The zero-order valence-electron chi connectivity index (χ0n) is 16.3. The van der Waals surface area contributed by atoms with E-state index in [2.05, 4.69) is 0 Å². The summed E-state index contributed by atoms with van der Waals surface area (Å²) in [6, 6.07) is 17.8. The Morgan fingerprint density at radius 3 is 2.29 bits per heavy atom. The predicted octanol–water partition coefficient (Wildman–Crippen LogP) is 5.15. The maximum Gasteiger partial charge on any atom is 0.410 e. The number of aryl methyl sites for hydroxylation is 1. The van der Waals surface area contributed by atoms with E-state index >= 15 is 0 Å². The SMILES string of the molecule is Cc1ccccc1C(=O)C1CC2CCCC(C1)N2C(=O)OCc1ccccc1. The molecule has 0 aliphatic carbocycles. The Morgan fingerprint density at radius 2 is 1.61 bits per heavy atom. The summed E-state index contributed by atoms with van der Waals surface area (Å²) in [5, 5.41) is 0. The van der Waals surface area contributed by atoms with Gasteiger partial charge in [0.05, 0.1) is 0 Å². The van der Waals surface area contributed by atoms with Crippen molar-refractivity contribution in [3.63, 3.8) is 0 Å². The van der Waals surface area contributed by atoms with Crippen LogP contribution in [0.3, 0.4) is 0 Å². The van der Waals surface area contributed by atoms with E-state index in [1.807, 2.05) is 66.4 Å². The number of hydrogen-bond donors (Lipinski definition) is 0. The molecule has 2 atom stereocenters. The second-order valence-electron chi connectivity index (χ2n) is 8.03. The van der Waals surface area contributed by atoms with Gasteiger partial charge in [0.25, 0.3) is 0 Å². The molecule has 0 N–H and O–H groups in total. The first-order chi connectivity index (χ1) is 13.6. The maximum atomic E-state index is 13.1. The largest absolute Gasteiger partial charge is 0.445 e. The average Bonchev–Trinajstić information content (AvgIpc) is 2.71. The Bertz CT molecular complexity index is 834. The van der Waals surface area contributed by atoms with E-state index in [0.29, 0.717) is 6.61 Å². The summed E-state index contributed by atoms with van der Waals surface area (Å²) < 4.78 is 5.61. The van der Waals surface area contributed by atoms with Crippen molar-refractivity contribution in [2.24, 2.45) is 5.92 Å². The minimum absolute atomic E-state index is 0.00502. The molecule has 146 valence electrons. The van der Waals surface area contributed by atoms with Gasteiger partial charge in [0.1, 0.15) is 6.61 Å². The molecule has 0 aromatic heterocycles. The first-order valence-electron chi connectivity index (χ1n) is 10.2. The number of amides is 1. The lowest BCUT2D eigenvalue weighted by Gasteiger charge is -2.47. The highest BCUT2D eigenvalue weighted by molar-refractivity contribution is 5.99. The van der Waals surface area contributed by atoms with E-state index in [4.69, 9.17) is 4.74 Å². The normalized spacial score (nSPS) is 23.9. The molecule has 1 amide bonds. The van der Waals surface area contributed by atoms with Gasteiger partial charge in [-0.3, -0.25) is 4.79 Å². The highest BCUT2D eigenvalue weighted by Crippen LogP contribution is 2.39. The molecule has 2 aliphatic heterocycles. The fourth-order valence-corrected chi connectivity index (χ4v) is 4.76. The van der Waals surface area contributed by atoms with Crippen LogP contribution in [0.5, 0.6) is 0 Å². The third kappa shape index (κ3) is 3.82. The van der Waals surface area contributed by atoms with Crippen LogP contribution in [0.25, 0.3) is 0 Å². The Balaban J connectivity index is 1.44. The summed E-state index contributed by atoms with van der Waals surface area (Å²) in [5.74, 6) is 0.224. The molecular weight excluding hydrogens is 350 g/mol. The second kappa shape index (κ2) is 8.17. The van der Waals surface area contributed by atoms with E-state index in [9.17, 15) is 9.59 Å². The van der Waals surface area contributed by atoms with Crippen molar-refractivity contribution in [2.45, 2.75) is 57.7 Å². The van der Waals surface area contributed by atoms with Crippen LogP contribution >= 0.6 is 0 Å². The molecule has 2 aliphatic rings. The summed E-state index contributed by atoms with van der Waals surface area (Å²) in [4.78, 5) is 27.8. The van der Waals surface area contributed by atoms with Crippen molar-refractivity contribution in [3.8, 4) is 0 Å². The standard InChI is InChI=1S/C24H27NO3/c1-17-8-5-6-13-22(17)23(26)19-14-20-11-7-12-21(15-19)25(20)24(27)28-16-18-9-3-2-4-10-18/h2-6,8-10,13,19-21H,7,11-12,14-16H2,1H3. The molecule has 4 rings (SSSR count). The third-order valence-electron chi connectivity index (χ3n) is 6.17. The highest BCUT2D eigenvalue weighted by Gasteiger charge is 2.43. The molecule has 0 spiro atoms. The summed E-state index contributed by atoms with van der Waals surface area (Å²) >= 11 is 0. The number of hydrogen-bond acceptors (Lipinski definition) is 3. The zero-order chi connectivity index (χ0) is 19.5. The number of carbonyl (C=O) groups excluding carboxylic acids is 2. The predicted molar refractivity (Wildman–Crippen MR) is 108 cm³/mol. The Morgan fingerprint density at radius 1 is 0.964 bits per heavy atom. The van der Waals surface area contributed by atoms with Gasteiger partial charge in [-0.2, -0.15) is 0 Å². The van der Waals surface area contributed by atoms with E-state index in [-0.39, 0.29) is 29.9 Å². The number of carbonyl (C=O) groups is 2. The monoisotopic (exact) mass is 377 g/mol. The maximum absolute atomic E-state index is 13.1. The molecule has 4 nitrogen and oxygen atoms in total. The van der Waals surface area contributed by atoms with Gasteiger partial charge in [0.15, 0.2) is 5.78 Å². The van der Waals surface area contributed by atoms with Crippen LogP contribution in [0.1, 0.15) is 53.6 Å². The van der Waals surface area contributed by atoms with Crippen LogP contribution < -0.4 is 0 Å². The molecule has 2 heterocycles. The van der Waals surface area contributed by atoms with Crippen LogP contribution in [0.15, 0.2) is 54.6 Å². The van der Waals surface area contributed by atoms with E-state index in [0.717, 1.165) is 48.8 Å². The summed E-state index contributed by atoms with van der Waals surface area (Å²) in [7, 11) is 0. The first kappa shape index (κ1) is 18.7. The van der Waals surface area contributed by atoms with Crippen LogP contribution in [0.4, 0.5) is 4.79 Å². The number of piperidine rings is 2. The second-order valence-corrected chi connectivity index (χ2v) is 8.03. The van der Waals surface area contributed by atoms with Gasteiger partial charge >= 0.3 is 6.09 Å². The van der Waals surface area contributed by atoms with Crippen molar-refractivity contribution in [1.29, 1.82) is 0 Å². The van der Waals surface area contributed by atoms with Gasteiger partial charge in [-0.25, -0.2) is 4.79 Å². The van der Waals surface area contributed by atoms with E-state index < -0.39 is 0 Å². The topological polar surface area (TPSA) is 46.6 Å². The lowest BCUT2D eigenvalue weighted by atomic mass is 9.75. The van der Waals surface area contributed by atoms with Crippen LogP contribution in [0.2, 0.25) is 0 Å². The van der Waals surface area contributed by atoms with Crippen molar-refractivity contribution >= 4 is 11.9 Å². The van der Waals surface area contributed by atoms with Gasteiger partial charge in [0, 0.05) is 23.6 Å². The molecule has 2 aromatic rings. The number of fused-ring (bicyclic) bond motifs is 2. The number of Topliss-reactive ketones (excluding diaryl/α,β-unsaturated/α-hetero) is 1. The number of ketones is 1. The van der Waals surface area contributed by atoms with Crippen LogP contribution in [-0.2, 0) is 11.3 Å². The van der Waals surface area contributed by atoms with Crippen molar-refractivity contribution in [2.75, 3.05) is 0 Å². The third-order valence-corrected chi connectivity index (χ3v) is 6.17.